The van der Waals surface area contributed by atoms with Gasteiger partial charge in [0.2, 0.25) is 0 Å². The van der Waals surface area contributed by atoms with Crippen LogP contribution in [0, 0.1) is 0 Å². The molecule has 16 heavy (non-hydrogen) atoms. The van der Waals surface area contributed by atoms with Crippen molar-refractivity contribution in [1.82, 2.24) is 9.36 Å². The minimum Gasteiger partial charge on any atom is -0.467 e. The largest absolute Gasteiger partial charge is 0.467 e. The highest BCUT2D eigenvalue weighted by atomic mass is 16.5. The molecule has 0 bridgehead atoms. The van der Waals surface area contributed by atoms with Crippen LogP contribution in [0.4, 0.5) is 0 Å². The second-order valence-electron chi connectivity index (χ2n) is 3.66. The molecule has 0 radical (unpaired) electrons. The molecule has 2 rings (SSSR count). The molecule has 0 aliphatic carbocycles. The topological polar surface area (TPSA) is 70.3 Å². The van der Waals surface area contributed by atoms with Crippen molar-refractivity contribution in [3.63, 3.8) is 0 Å². The minimum absolute atomic E-state index is 0.270. The third-order valence-corrected chi connectivity index (χ3v) is 2.72. The molecule has 1 aromatic rings. The van der Waals surface area contributed by atoms with Crippen LogP contribution in [0.3, 0.4) is 0 Å². The van der Waals surface area contributed by atoms with Gasteiger partial charge in [0, 0.05) is 18.7 Å². The zero-order valence-corrected chi connectivity index (χ0v) is 8.88. The van der Waals surface area contributed by atoms with Crippen molar-refractivity contribution in [2.45, 2.75) is 25.4 Å². The van der Waals surface area contributed by atoms with Crippen LogP contribution in [0.15, 0.2) is 21.7 Å². The third-order valence-electron chi connectivity index (χ3n) is 2.72. The Morgan fingerprint density at radius 3 is 2.75 bits per heavy atom. The van der Waals surface area contributed by atoms with Crippen LogP contribution in [0.5, 0.6) is 0 Å². The van der Waals surface area contributed by atoms with E-state index in [1.165, 1.54) is 28.6 Å². The van der Waals surface area contributed by atoms with E-state index in [0.717, 1.165) is 0 Å². The van der Waals surface area contributed by atoms with E-state index in [0.29, 0.717) is 19.4 Å². The second kappa shape index (κ2) is 3.96. The molecule has 0 fully saturated rings. The number of esters is 1. The predicted octanol–water partition coefficient (Wildman–Crippen LogP) is -0.482. The molecular weight excluding hydrogens is 212 g/mol. The summed E-state index contributed by atoms with van der Waals surface area (Å²) in [6.45, 7) is 0.461. The van der Waals surface area contributed by atoms with Gasteiger partial charge in [-0.05, 0) is 12.8 Å². The second-order valence-corrected chi connectivity index (χ2v) is 3.66. The molecule has 6 heteroatoms. The Bertz CT molecular complexity index is 528. The lowest BCUT2D eigenvalue weighted by Crippen LogP contribution is -2.45. The van der Waals surface area contributed by atoms with Gasteiger partial charge >= 0.3 is 5.97 Å². The van der Waals surface area contributed by atoms with Crippen molar-refractivity contribution in [2.24, 2.45) is 0 Å². The molecule has 1 atom stereocenters. The molecule has 2 heterocycles. The minimum atomic E-state index is -0.680. The summed E-state index contributed by atoms with van der Waals surface area (Å²) in [7, 11) is 1.27. The summed E-state index contributed by atoms with van der Waals surface area (Å²) in [5, 5.41) is 0. The summed E-state index contributed by atoms with van der Waals surface area (Å²) >= 11 is 0. The Morgan fingerprint density at radius 2 is 2.06 bits per heavy atom. The van der Waals surface area contributed by atoms with Crippen molar-refractivity contribution < 1.29 is 9.53 Å². The highest BCUT2D eigenvalue weighted by Gasteiger charge is 2.28. The molecule has 86 valence electrons. The van der Waals surface area contributed by atoms with E-state index in [2.05, 4.69) is 4.74 Å². The smallest absolute Gasteiger partial charge is 0.330 e. The molecule has 0 amide bonds. The highest BCUT2D eigenvalue weighted by molar-refractivity contribution is 5.73. The van der Waals surface area contributed by atoms with E-state index < -0.39 is 12.0 Å². The third kappa shape index (κ3) is 1.56. The zero-order valence-electron chi connectivity index (χ0n) is 8.88. The van der Waals surface area contributed by atoms with Crippen LogP contribution >= 0.6 is 0 Å². The normalized spacial score (nSPS) is 18.9. The Labute approximate surface area is 91.0 Å². The summed E-state index contributed by atoms with van der Waals surface area (Å²) < 4.78 is 7.12. The van der Waals surface area contributed by atoms with Gasteiger partial charge in [0.05, 0.1) is 7.11 Å². The molecule has 1 aliphatic heterocycles. The number of nitrogens with zero attached hydrogens (tertiary/aromatic N) is 2. The Hall–Kier alpha value is -1.85. The standard InChI is InChI=1S/C10H12N2O4/c1-16-10(15)7-3-2-6-11-8(13)4-5-9(14)12(7)11/h4-5,7H,2-3,6H2,1H3. The van der Waals surface area contributed by atoms with Crippen LogP contribution in [0.25, 0.3) is 0 Å². The first-order valence-electron chi connectivity index (χ1n) is 5.05. The summed E-state index contributed by atoms with van der Waals surface area (Å²) in [5.74, 6) is -0.485. The van der Waals surface area contributed by atoms with Gasteiger partial charge in [-0.2, -0.15) is 0 Å². The average Bonchev–Trinajstić information content (AvgIpc) is 2.32. The van der Waals surface area contributed by atoms with Gasteiger partial charge in [0.15, 0.2) is 6.04 Å². The van der Waals surface area contributed by atoms with Crippen LogP contribution in [-0.4, -0.2) is 22.4 Å². The lowest BCUT2D eigenvalue weighted by Gasteiger charge is -2.26. The van der Waals surface area contributed by atoms with E-state index in [1.807, 2.05) is 0 Å². The predicted molar refractivity (Wildman–Crippen MR) is 55.2 cm³/mol. The van der Waals surface area contributed by atoms with Gasteiger partial charge in [0.1, 0.15) is 0 Å². The van der Waals surface area contributed by atoms with Crippen molar-refractivity contribution in [2.75, 3.05) is 7.11 Å². The van der Waals surface area contributed by atoms with Crippen LogP contribution < -0.4 is 11.1 Å². The molecule has 1 aromatic heterocycles. The molecule has 0 spiro atoms. The highest BCUT2D eigenvalue weighted by Crippen LogP contribution is 2.17. The van der Waals surface area contributed by atoms with Crippen molar-refractivity contribution in [3.8, 4) is 0 Å². The molecule has 0 aromatic carbocycles. The van der Waals surface area contributed by atoms with Gasteiger partial charge < -0.3 is 4.74 Å². The maximum absolute atomic E-state index is 11.6. The maximum atomic E-state index is 11.6. The zero-order chi connectivity index (χ0) is 11.7. The number of rotatable bonds is 1. The fraction of sp³-hybridized carbons (Fsp3) is 0.500. The number of methoxy groups -OCH3 is 1. The first kappa shape index (κ1) is 10.7. The summed E-state index contributed by atoms with van der Waals surface area (Å²) in [5.41, 5.74) is -0.622. The van der Waals surface area contributed by atoms with Gasteiger partial charge in [0.25, 0.3) is 11.1 Å². The first-order chi connectivity index (χ1) is 7.65. The average molecular weight is 224 g/mol. The first-order valence-corrected chi connectivity index (χ1v) is 5.05. The number of carbonyl (C=O) groups excluding carboxylic acids is 1. The number of ether oxygens (including phenoxy) is 1. The lowest BCUT2D eigenvalue weighted by atomic mass is 10.1. The fourth-order valence-corrected chi connectivity index (χ4v) is 1.98. The van der Waals surface area contributed by atoms with Crippen LogP contribution in [0.2, 0.25) is 0 Å². The van der Waals surface area contributed by atoms with E-state index in [9.17, 15) is 14.4 Å². The number of hydrogen-bond acceptors (Lipinski definition) is 4. The van der Waals surface area contributed by atoms with Gasteiger partial charge in [-0.25, -0.2) is 14.2 Å². The fourth-order valence-electron chi connectivity index (χ4n) is 1.98. The Balaban J connectivity index is 2.62. The van der Waals surface area contributed by atoms with Crippen molar-refractivity contribution >= 4 is 5.97 Å². The number of aromatic nitrogens is 2. The van der Waals surface area contributed by atoms with E-state index >= 15 is 0 Å². The van der Waals surface area contributed by atoms with Crippen molar-refractivity contribution in [1.29, 1.82) is 0 Å². The maximum Gasteiger partial charge on any atom is 0.330 e. The van der Waals surface area contributed by atoms with Gasteiger partial charge in [-0.1, -0.05) is 0 Å². The Kier molecular flexibility index (Phi) is 2.64. The summed E-state index contributed by atoms with van der Waals surface area (Å²) in [6.07, 6.45) is 1.21. The molecule has 0 saturated carbocycles. The Morgan fingerprint density at radius 1 is 1.38 bits per heavy atom. The van der Waals surface area contributed by atoms with Crippen molar-refractivity contribution in [3.05, 3.63) is 32.8 Å². The molecule has 6 nitrogen and oxygen atoms in total. The number of hydrogen-bond donors (Lipinski definition) is 0. The van der Waals surface area contributed by atoms with Gasteiger partial charge in [-0.15, -0.1) is 0 Å². The molecule has 1 aliphatic rings. The quantitative estimate of drug-likeness (QED) is 0.604. The van der Waals surface area contributed by atoms with Crippen LogP contribution in [0.1, 0.15) is 18.9 Å². The molecule has 0 N–H and O–H groups in total. The summed E-state index contributed by atoms with van der Waals surface area (Å²) in [4.78, 5) is 34.7. The molecule has 1 unspecified atom stereocenters. The van der Waals surface area contributed by atoms with E-state index in [1.54, 1.807) is 0 Å². The van der Waals surface area contributed by atoms with Crippen LogP contribution in [-0.2, 0) is 16.1 Å². The van der Waals surface area contributed by atoms with E-state index in [4.69, 9.17) is 0 Å². The SMILES string of the molecule is COC(=O)C1CCCn2c(=O)ccc(=O)n21. The number of carbonyl (C=O) groups is 1. The number of fused-ring (bicyclic) bond motifs is 1. The molecule has 0 saturated heterocycles. The monoisotopic (exact) mass is 224 g/mol. The lowest BCUT2D eigenvalue weighted by molar-refractivity contribution is -0.146. The molecular formula is C10H12N2O4. The van der Waals surface area contributed by atoms with Gasteiger partial charge in [-0.3, -0.25) is 9.59 Å². The van der Waals surface area contributed by atoms with E-state index in [-0.39, 0.29) is 11.1 Å². The summed E-state index contributed by atoms with van der Waals surface area (Å²) in [6, 6.07) is 1.72.